The second kappa shape index (κ2) is 8.80. The van der Waals surface area contributed by atoms with Crippen molar-refractivity contribution in [2.45, 2.75) is 26.4 Å². The van der Waals surface area contributed by atoms with Gasteiger partial charge in [-0.05, 0) is 50.3 Å². The van der Waals surface area contributed by atoms with Crippen LogP contribution >= 0.6 is 11.6 Å². The summed E-state index contributed by atoms with van der Waals surface area (Å²) in [6.07, 6.45) is 3.89. The maximum Gasteiger partial charge on any atom is 0.269 e. The van der Waals surface area contributed by atoms with Crippen LogP contribution in [-0.4, -0.2) is 24.5 Å². The van der Waals surface area contributed by atoms with Crippen LogP contribution in [0.3, 0.4) is 0 Å². The molecule has 1 aliphatic rings. The van der Waals surface area contributed by atoms with Crippen molar-refractivity contribution in [1.82, 2.24) is 10.9 Å². The number of carbonyl (C=O) groups is 2. The zero-order chi connectivity index (χ0) is 20.1. The zero-order valence-electron chi connectivity index (χ0n) is 15.6. The minimum atomic E-state index is -0.479. The predicted octanol–water partition coefficient (Wildman–Crippen LogP) is 3.54. The van der Waals surface area contributed by atoms with Crippen LogP contribution in [0, 0.1) is 0 Å². The number of nitrogens with one attached hydrogen (secondary N) is 2. The molecule has 6 nitrogen and oxygen atoms in total. The standard InChI is InChI=1S/C21H21ClN2O4/c1-3-27-18-12-16-9-13(2)28-19(16)11-14(18)7-8-20(25)23-24-21(26)15-5-4-6-17(22)10-15/h4-8,10-13H,3,9H2,1-2H3,(H,23,25)(H,24,26)/b8-7+/t13-/m0/s1. The third kappa shape index (κ3) is 4.84. The molecule has 1 heterocycles. The largest absolute Gasteiger partial charge is 0.493 e. The van der Waals surface area contributed by atoms with Gasteiger partial charge in [0.25, 0.3) is 11.8 Å². The van der Waals surface area contributed by atoms with Crippen molar-refractivity contribution >= 4 is 29.5 Å². The lowest BCUT2D eigenvalue weighted by Gasteiger charge is -2.10. The third-order valence-electron chi connectivity index (χ3n) is 4.13. The summed E-state index contributed by atoms with van der Waals surface area (Å²) in [5.74, 6) is 0.544. The van der Waals surface area contributed by atoms with Gasteiger partial charge in [0.1, 0.15) is 17.6 Å². The Hall–Kier alpha value is -2.99. The summed E-state index contributed by atoms with van der Waals surface area (Å²) in [7, 11) is 0. The Kier molecular flexibility index (Phi) is 6.21. The van der Waals surface area contributed by atoms with Gasteiger partial charge in [-0.2, -0.15) is 0 Å². The molecule has 2 N–H and O–H groups in total. The average molecular weight is 401 g/mol. The lowest BCUT2D eigenvalue weighted by molar-refractivity contribution is -0.117. The Bertz CT molecular complexity index is 927. The fourth-order valence-corrected chi connectivity index (χ4v) is 3.08. The quantitative estimate of drug-likeness (QED) is 0.594. The van der Waals surface area contributed by atoms with Gasteiger partial charge in [0.05, 0.1) is 6.61 Å². The molecule has 0 saturated carbocycles. The van der Waals surface area contributed by atoms with E-state index in [4.69, 9.17) is 21.1 Å². The third-order valence-corrected chi connectivity index (χ3v) is 4.36. The van der Waals surface area contributed by atoms with Crippen LogP contribution in [0.15, 0.2) is 42.5 Å². The van der Waals surface area contributed by atoms with E-state index in [-0.39, 0.29) is 6.10 Å². The van der Waals surface area contributed by atoms with Gasteiger partial charge >= 0.3 is 0 Å². The normalized spacial score (nSPS) is 15.0. The first-order valence-corrected chi connectivity index (χ1v) is 9.34. The van der Waals surface area contributed by atoms with E-state index in [0.29, 0.717) is 22.9 Å². The maximum atomic E-state index is 12.1. The Balaban J connectivity index is 1.65. The Labute approximate surface area is 168 Å². The second-order valence-corrected chi connectivity index (χ2v) is 6.79. The van der Waals surface area contributed by atoms with Gasteiger partial charge in [0.2, 0.25) is 0 Å². The highest BCUT2D eigenvalue weighted by Crippen LogP contribution is 2.35. The lowest BCUT2D eigenvalue weighted by Crippen LogP contribution is -2.40. The molecule has 0 aromatic heterocycles. The number of fused-ring (bicyclic) bond motifs is 1. The smallest absolute Gasteiger partial charge is 0.269 e. The fraction of sp³-hybridized carbons (Fsp3) is 0.238. The molecule has 1 aliphatic heterocycles. The van der Waals surface area contributed by atoms with E-state index in [1.165, 1.54) is 12.1 Å². The van der Waals surface area contributed by atoms with Crippen molar-refractivity contribution in [3.05, 3.63) is 64.2 Å². The summed E-state index contributed by atoms with van der Waals surface area (Å²) in [6.45, 7) is 4.42. The van der Waals surface area contributed by atoms with Crippen LogP contribution in [0.2, 0.25) is 5.02 Å². The van der Waals surface area contributed by atoms with E-state index in [2.05, 4.69) is 10.9 Å². The number of hydrazine groups is 1. The first-order valence-electron chi connectivity index (χ1n) is 8.96. The fourth-order valence-electron chi connectivity index (χ4n) is 2.89. The predicted molar refractivity (Wildman–Crippen MR) is 107 cm³/mol. The SMILES string of the molecule is CCOc1cc2c(cc1/C=C/C(=O)NNC(=O)c1cccc(Cl)c1)O[C@@H](C)C2. The topological polar surface area (TPSA) is 76.7 Å². The van der Waals surface area contributed by atoms with Crippen molar-refractivity contribution in [1.29, 1.82) is 0 Å². The van der Waals surface area contributed by atoms with Gasteiger partial charge in [-0.1, -0.05) is 17.7 Å². The molecule has 3 rings (SSSR count). The molecule has 0 bridgehead atoms. The van der Waals surface area contributed by atoms with E-state index in [1.54, 1.807) is 24.3 Å². The number of rotatable bonds is 5. The van der Waals surface area contributed by atoms with Gasteiger partial charge < -0.3 is 9.47 Å². The van der Waals surface area contributed by atoms with Crippen LogP contribution < -0.4 is 20.3 Å². The highest BCUT2D eigenvalue weighted by atomic mass is 35.5. The molecular formula is C21H21ClN2O4. The summed E-state index contributed by atoms with van der Waals surface area (Å²) in [6, 6.07) is 10.2. The van der Waals surface area contributed by atoms with Crippen LogP contribution in [0.4, 0.5) is 0 Å². The van der Waals surface area contributed by atoms with Crippen molar-refractivity contribution in [3.63, 3.8) is 0 Å². The maximum absolute atomic E-state index is 12.1. The summed E-state index contributed by atoms with van der Waals surface area (Å²) >= 11 is 5.86. The van der Waals surface area contributed by atoms with Gasteiger partial charge in [0, 0.05) is 34.2 Å². The number of ether oxygens (including phenoxy) is 2. The van der Waals surface area contributed by atoms with Gasteiger partial charge in [-0.15, -0.1) is 0 Å². The first-order chi connectivity index (χ1) is 13.5. The van der Waals surface area contributed by atoms with E-state index in [0.717, 1.165) is 23.3 Å². The van der Waals surface area contributed by atoms with Crippen molar-refractivity contribution in [3.8, 4) is 11.5 Å². The Morgan fingerprint density at radius 1 is 1.29 bits per heavy atom. The molecule has 0 spiro atoms. The summed E-state index contributed by atoms with van der Waals surface area (Å²) in [5.41, 5.74) is 6.85. The number of benzene rings is 2. The molecule has 0 fully saturated rings. The van der Waals surface area contributed by atoms with Crippen LogP contribution in [0.5, 0.6) is 11.5 Å². The molecule has 1 atom stereocenters. The zero-order valence-corrected chi connectivity index (χ0v) is 16.4. The molecule has 2 aromatic carbocycles. The molecule has 2 aromatic rings. The van der Waals surface area contributed by atoms with E-state index in [1.807, 2.05) is 26.0 Å². The van der Waals surface area contributed by atoms with Crippen LogP contribution in [-0.2, 0) is 11.2 Å². The highest BCUT2D eigenvalue weighted by molar-refractivity contribution is 6.30. The Morgan fingerprint density at radius 2 is 2.11 bits per heavy atom. The number of carbonyl (C=O) groups excluding carboxylic acids is 2. The van der Waals surface area contributed by atoms with Gasteiger partial charge in [-0.3, -0.25) is 20.4 Å². The molecule has 7 heteroatoms. The number of hydrogen-bond donors (Lipinski definition) is 2. The highest BCUT2D eigenvalue weighted by Gasteiger charge is 2.21. The minimum Gasteiger partial charge on any atom is -0.493 e. The van der Waals surface area contributed by atoms with E-state index < -0.39 is 11.8 Å². The summed E-state index contributed by atoms with van der Waals surface area (Å²) < 4.78 is 11.4. The first kappa shape index (κ1) is 19.8. The molecule has 0 radical (unpaired) electrons. The van der Waals surface area contributed by atoms with Gasteiger partial charge in [-0.25, -0.2) is 0 Å². The van der Waals surface area contributed by atoms with Crippen molar-refractivity contribution < 1.29 is 19.1 Å². The van der Waals surface area contributed by atoms with E-state index in [9.17, 15) is 9.59 Å². The average Bonchev–Trinajstić information content (AvgIpc) is 3.03. The molecule has 28 heavy (non-hydrogen) atoms. The molecular weight excluding hydrogens is 380 g/mol. The van der Waals surface area contributed by atoms with Crippen LogP contribution in [0.1, 0.15) is 35.3 Å². The number of amides is 2. The minimum absolute atomic E-state index is 0.119. The molecule has 0 saturated heterocycles. The van der Waals surface area contributed by atoms with Crippen molar-refractivity contribution in [2.75, 3.05) is 6.61 Å². The molecule has 146 valence electrons. The van der Waals surface area contributed by atoms with E-state index >= 15 is 0 Å². The second-order valence-electron chi connectivity index (χ2n) is 6.35. The lowest BCUT2D eigenvalue weighted by atomic mass is 10.1. The Morgan fingerprint density at radius 3 is 2.86 bits per heavy atom. The van der Waals surface area contributed by atoms with Gasteiger partial charge in [0.15, 0.2) is 0 Å². The number of hydrogen-bond acceptors (Lipinski definition) is 4. The number of halogens is 1. The molecule has 0 unspecified atom stereocenters. The summed E-state index contributed by atoms with van der Waals surface area (Å²) in [5, 5.41) is 0.440. The molecule has 2 amide bonds. The molecule has 0 aliphatic carbocycles. The summed E-state index contributed by atoms with van der Waals surface area (Å²) in [4.78, 5) is 24.1. The van der Waals surface area contributed by atoms with Crippen molar-refractivity contribution in [2.24, 2.45) is 0 Å². The van der Waals surface area contributed by atoms with Crippen LogP contribution in [0.25, 0.3) is 6.08 Å². The monoisotopic (exact) mass is 400 g/mol.